The number of carbonyl (C=O) groups is 1. The highest BCUT2D eigenvalue weighted by atomic mass is 32.3. The number of anilines is 1. The van der Waals surface area contributed by atoms with E-state index in [0.29, 0.717) is 17.2 Å². The highest BCUT2D eigenvalue weighted by Crippen LogP contribution is 2.28. The van der Waals surface area contributed by atoms with E-state index in [2.05, 4.69) is 5.10 Å². The smallest absolute Gasteiger partial charge is 0.295 e. The van der Waals surface area contributed by atoms with E-state index in [-0.39, 0.29) is 6.54 Å². The second-order valence-corrected chi connectivity index (χ2v) is 6.96. The molecule has 0 N–H and O–H groups in total. The Hall–Kier alpha value is -2.29. The quantitative estimate of drug-likeness (QED) is 0.797. The van der Waals surface area contributed by atoms with Crippen LogP contribution in [0.1, 0.15) is 12.1 Å². The topological polar surface area (TPSA) is 72.3 Å². The summed E-state index contributed by atoms with van der Waals surface area (Å²) in [5, 5.41) is 2.85. The average Bonchev–Trinajstić information content (AvgIpc) is 3.02. The summed E-state index contributed by atoms with van der Waals surface area (Å²) in [5.41, 5.74) is 1.09. The number of hydrogen-bond donors (Lipinski definition) is 0. The summed E-state index contributed by atoms with van der Waals surface area (Å²) in [6, 6.07) is 7.05. The van der Waals surface area contributed by atoms with E-state index in [1.165, 1.54) is 33.8 Å². The molecule has 0 bridgehead atoms. The lowest BCUT2D eigenvalue weighted by molar-refractivity contribution is -0.117. The minimum Gasteiger partial charge on any atom is -0.295 e. The summed E-state index contributed by atoms with van der Waals surface area (Å²) in [6.07, 6.45) is -0.410. The van der Waals surface area contributed by atoms with E-state index in [1.807, 2.05) is 0 Å². The molecule has 1 aromatic carbocycles. The maximum absolute atomic E-state index is 13.2. The number of amides is 1. The largest absolute Gasteiger partial charge is 0.307 e. The molecule has 0 spiro atoms. The Balaban J connectivity index is 2.01. The second-order valence-electron chi connectivity index (χ2n) is 5.34. The van der Waals surface area contributed by atoms with Gasteiger partial charge in [0.15, 0.2) is 0 Å². The van der Waals surface area contributed by atoms with Crippen molar-refractivity contribution in [3.8, 4) is 5.69 Å². The minimum absolute atomic E-state index is 0.274. The number of hydrogen-bond acceptors (Lipinski definition) is 4. The zero-order valence-electron chi connectivity index (χ0n) is 12.1. The first kappa shape index (κ1) is 15.6. The molecule has 0 radical (unpaired) electrons. The molecule has 1 unspecified atom stereocenters. The van der Waals surface area contributed by atoms with Gasteiger partial charge in [-0.2, -0.15) is 13.5 Å². The molecular weight excluding hydrogens is 328 g/mol. The highest BCUT2D eigenvalue weighted by Gasteiger charge is 2.40. The molecular formula is C14H13F2N3O3S. The molecule has 122 valence electrons. The van der Waals surface area contributed by atoms with Crippen molar-refractivity contribution in [1.29, 1.82) is 0 Å². The number of carbonyl (C=O) groups excluding carboxylic acids is 1. The van der Waals surface area contributed by atoms with Gasteiger partial charge in [0, 0.05) is 19.0 Å². The molecule has 6 nitrogen and oxygen atoms in total. The van der Waals surface area contributed by atoms with Crippen molar-refractivity contribution in [2.75, 3.05) is 11.4 Å². The maximum Gasteiger partial charge on any atom is 0.307 e. The maximum atomic E-state index is 13.2. The third kappa shape index (κ3) is 2.96. The fourth-order valence-electron chi connectivity index (χ4n) is 2.54. The van der Waals surface area contributed by atoms with Gasteiger partial charge in [-0.3, -0.25) is 9.69 Å². The third-order valence-electron chi connectivity index (χ3n) is 3.65. The number of aryl methyl sites for hydroxylation is 1. The summed E-state index contributed by atoms with van der Waals surface area (Å²) in [7, 11) is -4.79. The molecule has 2 aromatic rings. The summed E-state index contributed by atoms with van der Waals surface area (Å²) in [5.74, 6) is -0.593. The van der Waals surface area contributed by atoms with Crippen molar-refractivity contribution in [3.05, 3.63) is 41.8 Å². The Morgan fingerprint density at radius 2 is 1.91 bits per heavy atom. The van der Waals surface area contributed by atoms with Crippen LogP contribution in [0.2, 0.25) is 0 Å². The van der Waals surface area contributed by atoms with Crippen molar-refractivity contribution < 1.29 is 21.5 Å². The van der Waals surface area contributed by atoms with Gasteiger partial charge in [0.1, 0.15) is 16.9 Å². The van der Waals surface area contributed by atoms with Crippen LogP contribution in [0.25, 0.3) is 5.69 Å². The highest BCUT2D eigenvalue weighted by molar-refractivity contribution is 7.87. The molecule has 23 heavy (non-hydrogen) atoms. The van der Waals surface area contributed by atoms with Crippen LogP contribution in [0.5, 0.6) is 0 Å². The van der Waals surface area contributed by atoms with E-state index in [4.69, 9.17) is 0 Å². The molecule has 3 rings (SSSR count). The van der Waals surface area contributed by atoms with Crippen LogP contribution in [-0.4, -0.2) is 35.9 Å². The van der Waals surface area contributed by atoms with Gasteiger partial charge in [0.25, 0.3) is 0 Å². The van der Waals surface area contributed by atoms with Gasteiger partial charge in [-0.1, -0.05) is 0 Å². The fraction of sp³-hybridized carbons (Fsp3) is 0.286. The molecule has 0 aliphatic carbocycles. The zero-order valence-corrected chi connectivity index (χ0v) is 12.9. The van der Waals surface area contributed by atoms with E-state index in [0.717, 1.165) is 0 Å². The van der Waals surface area contributed by atoms with Gasteiger partial charge in [0.2, 0.25) is 5.91 Å². The van der Waals surface area contributed by atoms with Crippen molar-refractivity contribution in [2.24, 2.45) is 0 Å². The number of rotatable bonds is 3. The third-order valence-corrected chi connectivity index (χ3v) is 4.76. The van der Waals surface area contributed by atoms with Crippen LogP contribution in [0, 0.1) is 12.7 Å². The molecule has 1 aliphatic rings. The van der Waals surface area contributed by atoms with Crippen molar-refractivity contribution in [3.63, 3.8) is 0 Å². The lowest BCUT2D eigenvalue weighted by atomic mass is 10.3. The number of halogens is 2. The van der Waals surface area contributed by atoms with Crippen molar-refractivity contribution >= 4 is 21.9 Å². The fourth-order valence-corrected chi connectivity index (χ4v) is 3.20. The van der Waals surface area contributed by atoms with Gasteiger partial charge < -0.3 is 0 Å². The Kier molecular flexibility index (Phi) is 3.67. The van der Waals surface area contributed by atoms with Gasteiger partial charge in [-0.15, -0.1) is 3.89 Å². The molecule has 1 saturated heterocycles. The SMILES string of the molecule is Cc1cc(N2CC(S(=O)(=O)F)CC2=O)n(-c2ccc(F)cc2)n1. The molecule has 1 aliphatic heterocycles. The summed E-state index contributed by atoms with van der Waals surface area (Å²) in [6.45, 7) is 1.43. The second kappa shape index (κ2) is 5.41. The standard InChI is InChI=1S/C14H13F2N3O3S/c1-9-6-13(18-8-12(7-14(18)20)23(16,21)22)19(17-9)11-4-2-10(15)3-5-11/h2-6,12H,7-8H2,1H3. The molecule has 1 atom stereocenters. The average molecular weight is 341 g/mol. The summed E-state index contributed by atoms with van der Waals surface area (Å²) in [4.78, 5) is 13.3. The van der Waals surface area contributed by atoms with Crippen LogP contribution in [-0.2, 0) is 15.0 Å². The van der Waals surface area contributed by atoms with Crippen LogP contribution in [0.15, 0.2) is 30.3 Å². The Labute approximate surface area is 131 Å². The monoisotopic (exact) mass is 341 g/mol. The lowest BCUT2D eigenvalue weighted by Gasteiger charge is -2.17. The van der Waals surface area contributed by atoms with Crippen LogP contribution < -0.4 is 4.90 Å². The van der Waals surface area contributed by atoms with Gasteiger partial charge in [-0.05, 0) is 31.2 Å². The van der Waals surface area contributed by atoms with Crippen LogP contribution in [0.4, 0.5) is 14.1 Å². The van der Waals surface area contributed by atoms with Gasteiger partial charge in [-0.25, -0.2) is 9.07 Å². The van der Waals surface area contributed by atoms with Crippen molar-refractivity contribution in [2.45, 2.75) is 18.6 Å². The van der Waals surface area contributed by atoms with Crippen LogP contribution >= 0.6 is 0 Å². The molecule has 2 heterocycles. The Morgan fingerprint density at radius 1 is 1.26 bits per heavy atom. The normalized spacial score (nSPS) is 18.7. The van der Waals surface area contributed by atoms with Crippen LogP contribution in [0.3, 0.4) is 0 Å². The van der Waals surface area contributed by atoms with Crippen molar-refractivity contribution in [1.82, 2.24) is 9.78 Å². The Morgan fingerprint density at radius 3 is 2.48 bits per heavy atom. The lowest BCUT2D eigenvalue weighted by Crippen LogP contribution is -2.28. The predicted octanol–water partition coefficient (Wildman–Crippen LogP) is 1.72. The Bertz CT molecular complexity index is 862. The first-order chi connectivity index (χ1) is 10.8. The molecule has 1 aromatic heterocycles. The first-order valence-corrected chi connectivity index (χ1v) is 8.27. The molecule has 1 amide bonds. The molecule has 1 fully saturated rings. The number of benzene rings is 1. The molecule has 9 heteroatoms. The van der Waals surface area contributed by atoms with E-state index >= 15 is 0 Å². The summed E-state index contributed by atoms with van der Waals surface area (Å²) < 4.78 is 49.7. The van der Waals surface area contributed by atoms with Gasteiger partial charge in [0.05, 0.1) is 11.4 Å². The number of nitrogens with zero attached hydrogens (tertiary/aromatic N) is 3. The minimum atomic E-state index is -4.79. The van der Waals surface area contributed by atoms with E-state index in [1.54, 1.807) is 13.0 Å². The van der Waals surface area contributed by atoms with Gasteiger partial charge >= 0.3 is 10.2 Å². The molecule has 0 saturated carbocycles. The van der Waals surface area contributed by atoms with E-state index < -0.39 is 33.6 Å². The predicted molar refractivity (Wildman–Crippen MR) is 79.0 cm³/mol. The first-order valence-electron chi connectivity index (χ1n) is 6.82. The number of aromatic nitrogens is 2. The summed E-state index contributed by atoms with van der Waals surface area (Å²) >= 11 is 0. The zero-order chi connectivity index (χ0) is 16.8. The van der Waals surface area contributed by atoms with E-state index in [9.17, 15) is 21.5 Å².